The molecule has 148 valence electrons. The van der Waals surface area contributed by atoms with Gasteiger partial charge in [0.15, 0.2) is 5.78 Å². The average Bonchev–Trinajstić information content (AvgIpc) is 2.66. The summed E-state index contributed by atoms with van der Waals surface area (Å²) in [4.78, 5) is 13.1. The fourth-order valence-corrected chi connectivity index (χ4v) is 3.35. The van der Waals surface area contributed by atoms with E-state index in [2.05, 4.69) is 14.1 Å². The molecule has 0 N–H and O–H groups in total. The Bertz CT molecular complexity index is 810. The fraction of sp³-hybridized carbons (Fsp3) is 0.261. The zero-order valence-corrected chi connectivity index (χ0v) is 18.9. The zero-order valence-electron chi connectivity index (χ0n) is 16.7. The summed E-state index contributed by atoms with van der Waals surface area (Å²) in [7, 11) is 7.59. The van der Waals surface area contributed by atoms with Crippen LogP contribution in [0.2, 0.25) is 0 Å². The van der Waals surface area contributed by atoms with Gasteiger partial charge in [0.25, 0.3) is 0 Å². The Morgan fingerprint density at radius 3 is 1.43 bits per heavy atom. The van der Waals surface area contributed by atoms with Crippen molar-refractivity contribution in [1.29, 1.82) is 0 Å². The molecule has 2 aromatic carbocycles. The molecule has 1 saturated heterocycles. The molecule has 0 unspecified atom stereocenters. The van der Waals surface area contributed by atoms with Gasteiger partial charge >= 0.3 is 0 Å². The summed E-state index contributed by atoms with van der Waals surface area (Å²) in [5, 5.41) is 0. The highest BCUT2D eigenvalue weighted by molar-refractivity contribution is 6.14. The molecule has 28 heavy (non-hydrogen) atoms. The molecule has 4 nitrogen and oxygen atoms in total. The van der Waals surface area contributed by atoms with Crippen molar-refractivity contribution in [1.82, 2.24) is 0 Å². The van der Waals surface area contributed by atoms with E-state index in [-0.39, 0.29) is 29.8 Å². The molecule has 1 aliphatic heterocycles. The van der Waals surface area contributed by atoms with Gasteiger partial charge in [-0.1, -0.05) is 24.3 Å². The maximum Gasteiger partial charge on any atom is 0.196 e. The Labute approximate surface area is 184 Å². The standard InChI is InChI=1S/C23H26NO3.HI/c1-24(2)15-19(13-17-5-9-21(26-3)10-6-17)23(25)20(16-24)14-18-7-11-22(27-4)12-8-18;/h5-14H,15-16H2,1-4H3;1H/q+1;/p-1/b19-13-,20-14-;. The molecule has 0 aliphatic carbocycles. The molecular formula is C23H26INO3. The molecule has 5 heteroatoms. The maximum atomic E-state index is 13.1. The van der Waals surface area contributed by atoms with Gasteiger partial charge in [-0.2, -0.15) is 0 Å². The number of piperidine rings is 1. The number of hydrogen-bond acceptors (Lipinski definition) is 3. The van der Waals surface area contributed by atoms with Gasteiger partial charge in [0.2, 0.25) is 0 Å². The van der Waals surface area contributed by atoms with Crippen LogP contribution >= 0.6 is 0 Å². The zero-order chi connectivity index (χ0) is 19.4. The van der Waals surface area contributed by atoms with E-state index in [0.717, 1.165) is 38.3 Å². The average molecular weight is 491 g/mol. The van der Waals surface area contributed by atoms with Crippen molar-refractivity contribution >= 4 is 17.9 Å². The number of methoxy groups -OCH3 is 2. The van der Waals surface area contributed by atoms with Gasteiger partial charge in [-0.25, -0.2) is 0 Å². The molecule has 0 radical (unpaired) electrons. The lowest BCUT2D eigenvalue weighted by molar-refractivity contribution is -0.881. The number of benzene rings is 2. The molecule has 0 bridgehead atoms. The third kappa shape index (κ3) is 5.45. The van der Waals surface area contributed by atoms with Crippen LogP contribution in [-0.4, -0.2) is 51.7 Å². The van der Waals surface area contributed by atoms with Gasteiger partial charge < -0.3 is 37.9 Å². The number of ketones is 1. The monoisotopic (exact) mass is 491 g/mol. The number of nitrogens with zero attached hydrogens (tertiary/aromatic N) is 1. The van der Waals surface area contributed by atoms with Gasteiger partial charge in [0.1, 0.15) is 24.6 Å². The molecule has 1 fully saturated rings. The number of likely N-dealkylation sites (tertiary alicyclic amines) is 1. The quantitative estimate of drug-likeness (QED) is 0.362. The van der Waals surface area contributed by atoms with Crippen LogP contribution < -0.4 is 33.5 Å². The van der Waals surface area contributed by atoms with Gasteiger partial charge in [-0.15, -0.1) is 0 Å². The van der Waals surface area contributed by atoms with E-state index in [1.807, 2.05) is 60.7 Å². The normalized spacial score (nSPS) is 18.6. The first-order chi connectivity index (χ1) is 12.9. The lowest BCUT2D eigenvalue weighted by Crippen LogP contribution is -3.00. The molecule has 0 aromatic heterocycles. The molecule has 2 aromatic rings. The van der Waals surface area contributed by atoms with Gasteiger partial charge in [-0.05, 0) is 47.5 Å². The van der Waals surface area contributed by atoms with Crippen molar-refractivity contribution < 1.29 is 42.7 Å². The summed E-state index contributed by atoms with van der Waals surface area (Å²) in [6, 6.07) is 15.5. The fourth-order valence-electron chi connectivity index (χ4n) is 3.35. The van der Waals surface area contributed by atoms with Gasteiger partial charge in [-0.3, -0.25) is 4.79 Å². The van der Waals surface area contributed by atoms with E-state index >= 15 is 0 Å². The number of carbonyl (C=O) groups excluding carboxylic acids is 1. The van der Waals surface area contributed by atoms with E-state index < -0.39 is 0 Å². The molecule has 0 spiro atoms. The minimum absolute atomic E-state index is 0. The summed E-state index contributed by atoms with van der Waals surface area (Å²) in [6.45, 7) is 1.43. The van der Waals surface area contributed by atoms with E-state index in [1.165, 1.54) is 0 Å². The number of carbonyl (C=O) groups is 1. The van der Waals surface area contributed by atoms with Crippen LogP contribution in [-0.2, 0) is 4.79 Å². The van der Waals surface area contributed by atoms with Crippen molar-refractivity contribution in [2.24, 2.45) is 0 Å². The molecule has 0 atom stereocenters. The third-order valence-electron chi connectivity index (χ3n) is 4.69. The maximum absolute atomic E-state index is 13.1. The van der Waals surface area contributed by atoms with Crippen molar-refractivity contribution in [2.75, 3.05) is 41.4 Å². The van der Waals surface area contributed by atoms with Crippen LogP contribution in [0, 0.1) is 0 Å². The highest BCUT2D eigenvalue weighted by Gasteiger charge is 2.33. The summed E-state index contributed by atoms with van der Waals surface area (Å²) in [5.41, 5.74) is 3.67. The summed E-state index contributed by atoms with van der Waals surface area (Å²) in [5.74, 6) is 1.74. The smallest absolute Gasteiger partial charge is 0.196 e. The van der Waals surface area contributed by atoms with Crippen LogP contribution in [0.15, 0.2) is 59.7 Å². The predicted molar refractivity (Wildman–Crippen MR) is 109 cm³/mol. The molecule has 1 heterocycles. The molecule has 1 aliphatic rings. The number of ether oxygens (including phenoxy) is 2. The number of likely N-dealkylation sites (N-methyl/N-ethyl adjacent to an activating group) is 1. The summed E-state index contributed by atoms with van der Waals surface area (Å²) < 4.78 is 11.2. The highest BCUT2D eigenvalue weighted by Crippen LogP contribution is 2.25. The van der Waals surface area contributed by atoms with Crippen LogP contribution in [0.1, 0.15) is 11.1 Å². The number of hydrogen-bond donors (Lipinski definition) is 0. The highest BCUT2D eigenvalue weighted by atomic mass is 127. The second-order valence-corrected chi connectivity index (χ2v) is 7.47. The van der Waals surface area contributed by atoms with Crippen molar-refractivity contribution in [2.45, 2.75) is 0 Å². The lowest BCUT2D eigenvalue weighted by Gasteiger charge is -2.35. The number of Topliss-reactive ketones (excluding diaryl/α,β-unsaturated/α-hetero) is 1. The third-order valence-corrected chi connectivity index (χ3v) is 4.69. The van der Waals surface area contributed by atoms with Crippen molar-refractivity contribution in [3.05, 3.63) is 70.8 Å². The van der Waals surface area contributed by atoms with Crippen molar-refractivity contribution in [3.8, 4) is 11.5 Å². The Morgan fingerprint density at radius 1 is 0.750 bits per heavy atom. The topological polar surface area (TPSA) is 35.5 Å². The minimum Gasteiger partial charge on any atom is -1.00 e. The molecular weight excluding hydrogens is 465 g/mol. The Morgan fingerprint density at radius 2 is 1.11 bits per heavy atom. The second kappa shape index (κ2) is 9.39. The first-order valence-corrected chi connectivity index (χ1v) is 8.96. The molecule has 3 rings (SSSR count). The van der Waals surface area contributed by atoms with Crippen LogP contribution in [0.5, 0.6) is 11.5 Å². The van der Waals surface area contributed by atoms with E-state index in [9.17, 15) is 4.79 Å². The minimum atomic E-state index is 0. The number of quaternary nitrogens is 1. The largest absolute Gasteiger partial charge is 1.00 e. The Hall–Kier alpha value is -2.12. The number of rotatable bonds is 4. The van der Waals surface area contributed by atoms with Crippen LogP contribution in [0.4, 0.5) is 0 Å². The lowest BCUT2D eigenvalue weighted by atomic mass is 9.93. The second-order valence-electron chi connectivity index (χ2n) is 7.47. The Balaban J connectivity index is 0.00000280. The SMILES string of the molecule is COc1ccc(/C=C2/C[N+](C)(C)C/C(=C/c3ccc(OC)cc3)C2=O)cc1.[I-]. The van der Waals surface area contributed by atoms with Crippen molar-refractivity contribution in [3.63, 3.8) is 0 Å². The Kier molecular flexibility index (Phi) is 7.43. The summed E-state index contributed by atoms with van der Waals surface area (Å²) in [6.07, 6.45) is 3.98. The van der Waals surface area contributed by atoms with Gasteiger partial charge in [0, 0.05) is 0 Å². The predicted octanol–water partition coefficient (Wildman–Crippen LogP) is 0.834. The van der Waals surface area contributed by atoms with Gasteiger partial charge in [0.05, 0.1) is 39.5 Å². The van der Waals surface area contributed by atoms with E-state index in [0.29, 0.717) is 13.1 Å². The van der Waals surface area contributed by atoms with E-state index in [1.54, 1.807) is 14.2 Å². The first kappa shape index (κ1) is 22.2. The first-order valence-electron chi connectivity index (χ1n) is 8.96. The number of halogens is 1. The van der Waals surface area contributed by atoms with Crippen LogP contribution in [0.25, 0.3) is 12.2 Å². The summed E-state index contributed by atoms with van der Waals surface area (Å²) >= 11 is 0. The van der Waals surface area contributed by atoms with Crippen LogP contribution in [0.3, 0.4) is 0 Å². The van der Waals surface area contributed by atoms with E-state index in [4.69, 9.17) is 9.47 Å². The molecule has 0 saturated carbocycles. The molecule has 0 amide bonds.